The molecule has 0 aliphatic carbocycles. The van der Waals surface area contributed by atoms with Crippen molar-refractivity contribution in [3.05, 3.63) is 40.8 Å². The van der Waals surface area contributed by atoms with E-state index < -0.39 is 0 Å². The molecule has 0 N–H and O–H groups in total. The Kier molecular flexibility index (Phi) is 2.84. The third-order valence-electron chi connectivity index (χ3n) is 3.25. The SMILES string of the molecule is Cc1ccc(-c2nc(C)n(C)c2C=O)cc1C. The Morgan fingerprint density at radius 1 is 1.18 bits per heavy atom. The van der Waals surface area contributed by atoms with Gasteiger partial charge in [0.05, 0.1) is 5.69 Å². The van der Waals surface area contributed by atoms with E-state index in [4.69, 9.17) is 0 Å². The van der Waals surface area contributed by atoms with E-state index in [9.17, 15) is 4.79 Å². The molecule has 2 aromatic rings. The number of hydrogen-bond donors (Lipinski definition) is 0. The summed E-state index contributed by atoms with van der Waals surface area (Å²) in [7, 11) is 1.86. The molecule has 0 fully saturated rings. The first-order chi connectivity index (χ1) is 8.04. The number of imidazole rings is 1. The third kappa shape index (κ3) is 1.88. The maximum Gasteiger partial charge on any atom is 0.168 e. The van der Waals surface area contributed by atoms with E-state index in [1.165, 1.54) is 11.1 Å². The number of hydrogen-bond acceptors (Lipinski definition) is 2. The molecular weight excluding hydrogens is 212 g/mol. The Hall–Kier alpha value is -1.90. The van der Waals surface area contributed by atoms with Gasteiger partial charge in [-0.05, 0) is 38.0 Å². The monoisotopic (exact) mass is 228 g/mol. The van der Waals surface area contributed by atoms with E-state index >= 15 is 0 Å². The summed E-state index contributed by atoms with van der Waals surface area (Å²) < 4.78 is 1.82. The topological polar surface area (TPSA) is 34.9 Å². The summed E-state index contributed by atoms with van der Waals surface area (Å²) in [4.78, 5) is 15.6. The molecule has 88 valence electrons. The maximum atomic E-state index is 11.1. The predicted molar refractivity (Wildman–Crippen MR) is 68.2 cm³/mol. The zero-order valence-electron chi connectivity index (χ0n) is 10.6. The molecule has 0 saturated heterocycles. The second-order valence-corrected chi connectivity index (χ2v) is 4.37. The molecule has 0 atom stereocenters. The van der Waals surface area contributed by atoms with E-state index in [0.717, 1.165) is 23.4 Å². The van der Waals surface area contributed by atoms with E-state index in [0.29, 0.717) is 5.69 Å². The highest BCUT2D eigenvalue weighted by atomic mass is 16.1. The molecule has 0 amide bonds. The van der Waals surface area contributed by atoms with E-state index in [2.05, 4.69) is 31.0 Å². The van der Waals surface area contributed by atoms with Gasteiger partial charge in [0.2, 0.25) is 0 Å². The van der Waals surface area contributed by atoms with Crippen molar-refractivity contribution in [2.45, 2.75) is 20.8 Å². The number of aromatic nitrogens is 2. The molecule has 0 bridgehead atoms. The number of carbonyl (C=O) groups is 1. The normalized spacial score (nSPS) is 10.6. The summed E-state index contributed by atoms with van der Waals surface area (Å²) in [6.07, 6.45) is 0.866. The molecule has 2 rings (SSSR count). The standard InChI is InChI=1S/C14H16N2O/c1-9-5-6-12(7-10(9)2)14-13(8-17)16(4)11(3)15-14/h5-8H,1-4H3. The van der Waals surface area contributed by atoms with Crippen molar-refractivity contribution < 1.29 is 4.79 Å². The van der Waals surface area contributed by atoms with E-state index in [1.54, 1.807) is 0 Å². The zero-order chi connectivity index (χ0) is 12.6. The zero-order valence-corrected chi connectivity index (χ0v) is 10.6. The van der Waals surface area contributed by atoms with Crippen LogP contribution in [-0.4, -0.2) is 15.8 Å². The average molecular weight is 228 g/mol. The molecule has 0 unspecified atom stereocenters. The van der Waals surface area contributed by atoms with Crippen LogP contribution in [0.1, 0.15) is 27.4 Å². The van der Waals surface area contributed by atoms with Gasteiger partial charge in [0.15, 0.2) is 6.29 Å². The van der Waals surface area contributed by atoms with E-state index in [1.807, 2.05) is 24.6 Å². The van der Waals surface area contributed by atoms with Crippen molar-refractivity contribution >= 4 is 6.29 Å². The lowest BCUT2D eigenvalue weighted by Crippen LogP contribution is -1.97. The Morgan fingerprint density at radius 2 is 1.88 bits per heavy atom. The number of rotatable bonds is 2. The van der Waals surface area contributed by atoms with Crippen LogP contribution in [0.25, 0.3) is 11.3 Å². The highest BCUT2D eigenvalue weighted by Crippen LogP contribution is 2.24. The minimum absolute atomic E-state index is 0.630. The summed E-state index contributed by atoms with van der Waals surface area (Å²) in [5, 5.41) is 0. The van der Waals surface area contributed by atoms with Crippen molar-refractivity contribution in [2.75, 3.05) is 0 Å². The number of aryl methyl sites for hydroxylation is 3. The van der Waals surface area contributed by atoms with Crippen molar-refractivity contribution in [1.29, 1.82) is 0 Å². The Bertz CT molecular complexity index is 582. The minimum Gasteiger partial charge on any atom is -0.329 e. The quantitative estimate of drug-likeness (QED) is 0.741. The summed E-state index contributed by atoms with van der Waals surface area (Å²) in [5.74, 6) is 0.848. The molecule has 0 aliphatic rings. The molecule has 0 saturated carbocycles. The van der Waals surface area contributed by atoms with Crippen molar-refractivity contribution in [3.8, 4) is 11.3 Å². The van der Waals surface area contributed by atoms with Gasteiger partial charge in [-0.15, -0.1) is 0 Å². The first kappa shape index (κ1) is 11.6. The first-order valence-electron chi connectivity index (χ1n) is 5.60. The Balaban J connectivity index is 2.64. The molecule has 17 heavy (non-hydrogen) atoms. The second-order valence-electron chi connectivity index (χ2n) is 4.37. The fourth-order valence-corrected chi connectivity index (χ4v) is 1.86. The average Bonchev–Trinajstić information content (AvgIpc) is 2.59. The molecule has 1 aromatic heterocycles. The number of aldehydes is 1. The summed E-state index contributed by atoms with van der Waals surface area (Å²) in [6, 6.07) is 6.14. The Labute approximate surface area is 101 Å². The third-order valence-corrected chi connectivity index (χ3v) is 3.25. The molecular formula is C14H16N2O. The van der Waals surface area contributed by atoms with Gasteiger partial charge < -0.3 is 4.57 Å². The van der Waals surface area contributed by atoms with Crippen LogP contribution < -0.4 is 0 Å². The Morgan fingerprint density at radius 3 is 2.47 bits per heavy atom. The smallest absolute Gasteiger partial charge is 0.168 e. The lowest BCUT2D eigenvalue weighted by atomic mass is 10.0. The number of nitrogens with zero attached hydrogens (tertiary/aromatic N) is 2. The molecule has 3 nitrogen and oxygen atoms in total. The van der Waals surface area contributed by atoms with Crippen molar-refractivity contribution in [3.63, 3.8) is 0 Å². The minimum atomic E-state index is 0.630. The van der Waals surface area contributed by atoms with Gasteiger partial charge in [-0.3, -0.25) is 4.79 Å². The van der Waals surface area contributed by atoms with Crippen LogP contribution in [0.3, 0.4) is 0 Å². The summed E-state index contributed by atoms with van der Waals surface area (Å²) in [5.41, 5.74) is 4.85. The second kappa shape index (κ2) is 4.17. The molecule has 0 radical (unpaired) electrons. The molecule has 3 heteroatoms. The number of carbonyl (C=O) groups excluding carboxylic acids is 1. The van der Waals surface area contributed by atoms with Crippen LogP contribution in [0.15, 0.2) is 18.2 Å². The lowest BCUT2D eigenvalue weighted by Gasteiger charge is -2.04. The highest BCUT2D eigenvalue weighted by Gasteiger charge is 2.13. The van der Waals surface area contributed by atoms with Crippen LogP contribution in [0, 0.1) is 20.8 Å². The van der Waals surface area contributed by atoms with Crippen molar-refractivity contribution in [2.24, 2.45) is 7.05 Å². The van der Waals surface area contributed by atoms with E-state index in [-0.39, 0.29) is 0 Å². The summed E-state index contributed by atoms with van der Waals surface area (Å²) in [6.45, 7) is 6.04. The van der Waals surface area contributed by atoms with Gasteiger partial charge in [-0.2, -0.15) is 0 Å². The van der Waals surface area contributed by atoms with Gasteiger partial charge in [-0.25, -0.2) is 4.98 Å². The van der Waals surface area contributed by atoms with Gasteiger partial charge in [0.1, 0.15) is 11.5 Å². The first-order valence-corrected chi connectivity index (χ1v) is 5.60. The highest BCUT2D eigenvalue weighted by molar-refractivity contribution is 5.84. The predicted octanol–water partition coefficient (Wildman–Crippen LogP) is 2.82. The van der Waals surface area contributed by atoms with Gasteiger partial charge in [0.25, 0.3) is 0 Å². The lowest BCUT2D eigenvalue weighted by molar-refractivity contribution is 0.111. The molecule has 0 spiro atoms. The van der Waals surface area contributed by atoms with Gasteiger partial charge in [-0.1, -0.05) is 12.1 Å². The van der Waals surface area contributed by atoms with Gasteiger partial charge in [0, 0.05) is 12.6 Å². The van der Waals surface area contributed by atoms with Crippen LogP contribution in [-0.2, 0) is 7.05 Å². The van der Waals surface area contributed by atoms with Crippen LogP contribution in [0.5, 0.6) is 0 Å². The van der Waals surface area contributed by atoms with Crippen molar-refractivity contribution in [1.82, 2.24) is 9.55 Å². The summed E-state index contributed by atoms with van der Waals surface area (Å²) >= 11 is 0. The fraction of sp³-hybridized carbons (Fsp3) is 0.286. The van der Waals surface area contributed by atoms with Crippen LogP contribution >= 0.6 is 0 Å². The maximum absolute atomic E-state index is 11.1. The van der Waals surface area contributed by atoms with Crippen LogP contribution in [0.4, 0.5) is 0 Å². The van der Waals surface area contributed by atoms with Crippen LogP contribution in [0.2, 0.25) is 0 Å². The van der Waals surface area contributed by atoms with Gasteiger partial charge >= 0.3 is 0 Å². The molecule has 0 aliphatic heterocycles. The largest absolute Gasteiger partial charge is 0.329 e. The molecule has 1 heterocycles. The number of benzene rings is 1. The molecule has 1 aromatic carbocycles. The fourth-order valence-electron chi connectivity index (χ4n) is 1.86.